The van der Waals surface area contributed by atoms with E-state index in [1.54, 1.807) is 39.5 Å². The van der Waals surface area contributed by atoms with E-state index in [0.29, 0.717) is 11.5 Å². The van der Waals surface area contributed by atoms with Crippen LogP contribution in [0.2, 0.25) is 0 Å². The Labute approximate surface area is 83.3 Å². The van der Waals surface area contributed by atoms with Gasteiger partial charge in [-0.1, -0.05) is 0 Å². The van der Waals surface area contributed by atoms with Crippen molar-refractivity contribution in [3.8, 4) is 17.7 Å². The number of hydrogen-bond acceptors (Lipinski definition) is 4. The Balaban J connectivity index is 3.08. The second-order valence-corrected chi connectivity index (χ2v) is 2.70. The standard InChI is InChI=1S/C10H12N2O2/c1-12(7-11)8-4-5-9(13-2)10(6-8)14-3/h4-6H,1-3H3. The molecule has 0 N–H and O–H groups in total. The van der Waals surface area contributed by atoms with Crippen LogP contribution < -0.4 is 14.4 Å². The quantitative estimate of drug-likeness (QED) is 0.539. The van der Waals surface area contributed by atoms with Crippen LogP contribution in [0.3, 0.4) is 0 Å². The van der Waals surface area contributed by atoms with Crippen LogP contribution >= 0.6 is 0 Å². The van der Waals surface area contributed by atoms with Crippen molar-refractivity contribution in [2.24, 2.45) is 0 Å². The predicted molar refractivity (Wildman–Crippen MR) is 53.6 cm³/mol. The van der Waals surface area contributed by atoms with Gasteiger partial charge in [0.05, 0.1) is 19.9 Å². The van der Waals surface area contributed by atoms with Gasteiger partial charge in [0.1, 0.15) is 0 Å². The minimum absolute atomic E-state index is 0.618. The van der Waals surface area contributed by atoms with Crippen LogP contribution in [-0.2, 0) is 0 Å². The Morgan fingerprint density at radius 3 is 2.36 bits per heavy atom. The highest BCUT2D eigenvalue weighted by Crippen LogP contribution is 2.30. The molecule has 0 aromatic heterocycles. The summed E-state index contributed by atoms with van der Waals surface area (Å²) in [6.45, 7) is 0. The summed E-state index contributed by atoms with van der Waals surface area (Å²) in [4.78, 5) is 1.45. The number of hydrogen-bond donors (Lipinski definition) is 0. The average molecular weight is 192 g/mol. The third-order valence-electron chi connectivity index (χ3n) is 1.90. The second kappa shape index (κ2) is 4.38. The second-order valence-electron chi connectivity index (χ2n) is 2.70. The van der Waals surface area contributed by atoms with E-state index in [2.05, 4.69) is 0 Å². The lowest BCUT2D eigenvalue weighted by Gasteiger charge is -2.12. The summed E-state index contributed by atoms with van der Waals surface area (Å²) in [5.41, 5.74) is 0.769. The molecule has 14 heavy (non-hydrogen) atoms. The van der Waals surface area contributed by atoms with Gasteiger partial charge in [-0.3, -0.25) is 4.90 Å². The number of ether oxygens (including phenoxy) is 2. The summed E-state index contributed by atoms with van der Waals surface area (Å²) >= 11 is 0. The molecule has 1 aromatic carbocycles. The lowest BCUT2D eigenvalue weighted by atomic mass is 10.2. The molecule has 0 amide bonds. The molecule has 0 spiro atoms. The molecule has 1 rings (SSSR count). The summed E-state index contributed by atoms with van der Waals surface area (Å²) in [7, 11) is 4.82. The maximum Gasteiger partial charge on any atom is 0.183 e. The third-order valence-corrected chi connectivity index (χ3v) is 1.90. The molecule has 0 aliphatic heterocycles. The average Bonchev–Trinajstić information content (AvgIpc) is 2.26. The summed E-state index contributed by atoms with van der Waals surface area (Å²) in [6, 6.07) is 5.31. The summed E-state index contributed by atoms with van der Waals surface area (Å²) in [6.07, 6.45) is 2.01. The highest BCUT2D eigenvalue weighted by atomic mass is 16.5. The Morgan fingerprint density at radius 1 is 1.21 bits per heavy atom. The van der Waals surface area contributed by atoms with Crippen molar-refractivity contribution in [3.63, 3.8) is 0 Å². The van der Waals surface area contributed by atoms with Crippen LogP contribution in [0.4, 0.5) is 5.69 Å². The molecule has 0 bridgehead atoms. The summed E-state index contributed by atoms with van der Waals surface area (Å²) < 4.78 is 10.2. The predicted octanol–water partition coefficient (Wildman–Crippen LogP) is 1.62. The Hall–Kier alpha value is -1.89. The fourth-order valence-electron chi connectivity index (χ4n) is 1.09. The molecule has 0 radical (unpaired) electrons. The van der Waals surface area contributed by atoms with Gasteiger partial charge in [0, 0.05) is 13.1 Å². The number of benzene rings is 1. The summed E-state index contributed by atoms with van der Waals surface area (Å²) in [5, 5.41) is 8.68. The number of anilines is 1. The van der Waals surface area contributed by atoms with Crippen molar-refractivity contribution in [1.29, 1.82) is 5.26 Å². The first kappa shape index (κ1) is 10.2. The lowest BCUT2D eigenvalue weighted by molar-refractivity contribution is 0.355. The molecule has 0 aliphatic rings. The van der Waals surface area contributed by atoms with E-state index >= 15 is 0 Å². The van der Waals surface area contributed by atoms with Gasteiger partial charge in [0.25, 0.3) is 0 Å². The molecule has 0 aliphatic carbocycles. The first-order chi connectivity index (χ1) is 6.72. The highest BCUT2D eigenvalue weighted by molar-refractivity contribution is 5.57. The molecule has 0 unspecified atom stereocenters. The van der Waals surface area contributed by atoms with Gasteiger partial charge in [-0.15, -0.1) is 0 Å². The van der Waals surface area contributed by atoms with Crippen molar-refractivity contribution >= 4 is 5.69 Å². The minimum Gasteiger partial charge on any atom is -0.493 e. The molecule has 0 heterocycles. The molecule has 1 aromatic rings. The molecular weight excluding hydrogens is 180 g/mol. The molecule has 0 saturated carbocycles. The molecular formula is C10H12N2O2. The first-order valence-corrected chi connectivity index (χ1v) is 4.08. The fourth-order valence-corrected chi connectivity index (χ4v) is 1.09. The van der Waals surface area contributed by atoms with Gasteiger partial charge < -0.3 is 9.47 Å². The SMILES string of the molecule is COc1ccc(N(C)C#N)cc1OC. The Bertz CT molecular complexity index is 358. The number of nitrogens with zero attached hydrogens (tertiary/aromatic N) is 2. The molecule has 0 fully saturated rings. The van der Waals surface area contributed by atoms with Crippen molar-refractivity contribution < 1.29 is 9.47 Å². The van der Waals surface area contributed by atoms with Gasteiger partial charge in [-0.2, -0.15) is 5.26 Å². The normalized spacial score (nSPS) is 9.00. The van der Waals surface area contributed by atoms with E-state index in [1.165, 1.54) is 4.90 Å². The number of nitriles is 1. The van der Waals surface area contributed by atoms with Crippen LogP contribution in [0.5, 0.6) is 11.5 Å². The lowest BCUT2D eigenvalue weighted by Crippen LogP contribution is -2.08. The highest BCUT2D eigenvalue weighted by Gasteiger charge is 2.06. The van der Waals surface area contributed by atoms with E-state index in [0.717, 1.165) is 5.69 Å². The molecule has 4 heteroatoms. The topological polar surface area (TPSA) is 45.5 Å². The van der Waals surface area contributed by atoms with Crippen LogP contribution in [0.1, 0.15) is 0 Å². The molecule has 0 saturated heterocycles. The van der Waals surface area contributed by atoms with Crippen LogP contribution in [0.25, 0.3) is 0 Å². The van der Waals surface area contributed by atoms with Gasteiger partial charge in [0.2, 0.25) is 0 Å². The van der Waals surface area contributed by atoms with E-state index in [-0.39, 0.29) is 0 Å². The fraction of sp³-hybridized carbons (Fsp3) is 0.300. The van der Waals surface area contributed by atoms with Crippen molar-refractivity contribution in [1.82, 2.24) is 0 Å². The Morgan fingerprint density at radius 2 is 1.86 bits per heavy atom. The van der Waals surface area contributed by atoms with Gasteiger partial charge in [-0.25, -0.2) is 0 Å². The van der Waals surface area contributed by atoms with Crippen molar-refractivity contribution in [2.45, 2.75) is 0 Å². The molecule has 74 valence electrons. The van der Waals surface area contributed by atoms with E-state index in [4.69, 9.17) is 14.7 Å². The smallest absolute Gasteiger partial charge is 0.183 e. The maximum absolute atomic E-state index is 8.68. The van der Waals surface area contributed by atoms with E-state index in [9.17, 15) is 0 Å². The minimum atomic E-state index is 0.618. The third kappa shape index (κ3) is 1.88. The number of methoxy groups -OCH3 is 2. The largest absolute Gasteiger partial charge is 0.493 e. The maximum atomic E-state index is 8.68. The zero-order valence-corrected chi connectivity index (χ0v) is 8.44. The van der Waals surface area contributed by atoms with Crippen LogP contribution in [0, 0.1) is 11.5 Å². The van der Waals surface area contributed by atoms with E-state index in [1.807, 2.05) is 6.19 Å². The zero-order chi connectivity index (χ0) is 10.6. The molecule has 4 nitrogen and oxygen atoms in total. The van der Waals surface area contributed by atoms with E-state index < -0.39 is 0 Å². The van der Waals surface area contributed by atoms with Crippen LogP contribution in [-0.4, -0.2) is 21.3 Å². The zero-order valence-electron chi connectivity index (χ0n) is 8.44. The molecule has 0 atom stereocenters. The first-order valence-electron chi connectivity index (χ1n) is 4.08. The Kier molecular flexibility index (Phi) is 3.19. The monoisotopic (exact) mass is 192 g/mol. The number of rotatable bonds is 3. The van der Waals surface area contributed by atoms with Gasteiger partial charge >= 0.3 is 0 Å². The van der Waals surface area contributed by atoms with Crippen molar-refractivity contribution in [3.05, 3.63) is 18.2 Å². The van der Waals surface area contributed by atoms with Gasteiger partial charge in [-0.05, 0) is 12.1 Å². The van der Waals surface area contributed by atoms with Crippen LogP contribution in [0.15, 0.2) is 18.2 Å². The van der Waals surface area contributed by atoms with Crippen molar-refractivity contribution in [2.75, 3.05) is 26.2 Å². The van der Waals surface area contributed by atoms with Gasteiger partial charge in [0.15, 0.2) is 17.7 Å². The summed E-state index contributed by atoms with van der Waals surface area (Å²) in [5.74, 6) is 1.27.